The zero-order chi connectivity index (χ0) is 50.0. The first-order valence-corrected chi connectivity index (χ1v) is 28.0. The van der Waals surface area contributed by atoms with Crippen LogP contribution in [-0.2, 0) is 28.6 Å². The molecule has 69 heavy (non-hydrogen) atoms. The smallest absolute Gasteiger partial charge is 0.306 e. The Kier molecular flexibility index (Phi) is 53.0. The van der Waals surface area contributed by atoms with Crippen molar-refractivity contribution in [1.82, 2.24) is 0 Å². The Labute approximate surface area is 424 Å². The van der Waals surface area contributed by atoms with Crippen LogP contribution in [0.5, 0.6) is 0 Å². The molecule has 0 spiro atoms. The Bertz CT molecular complexity index is 1470. The summed E-state index contributed by atoms with van der Waals surface area (Å²) in [5.41, 5.74) is 0. The molecule has 1 atom stereocenters. The average molecular weight is 956 g/mol. The lowest BCUT2D eigenvalue weighted by Crippen LogP contribution is -2.30. The zero-order valence-corrected chi connectivity index (χ0v) is 44.5. The molecular weight excluding hydrogens is 853 g/mol. The molecule has 0 radical (unpaired) electrons. The summed E-state index contributed by atoms with van der Waals surface area (Å²) in [4.78, 5) is 38.1. The van der Waals surface area contributed by atoms with Crippen LogP contribution < -0.4 is 0 Å². The van der Waals surface area contributed by atoms with Gasteiger partial charge in [-0.25, -0.2) is 0 Å². The highest BCUT2D eigenvalue weighted by Crippen LogP contribution is 2.14. The minimum atomic E-state index is -0.822. The predicted octanol–water partition coefficient (Wildman–Crippen LogP) is 18.9. The molecule has 6 nitrogen and oxygen atoms in total. The average Bonchev–Trinajstić information content (AvgIpc) is 3.35. The van der Waals surface area contributed by atoms with Crippen LogP contribution in [0.4, 0.5) is 0 Å². The van der Waals surface area contributed by atoms with E-state index < -0.39 is 6.10 Å². The van der Waals surface area contributed by atoms with Crippen LogP contribution in [0.25, 0.3) is 0 Å². The molecule has 6 heteroatoms. The lowest BCUT2D eigenvalue weighted by Gasteiger charge is -2.18. The van der Waals surface area contributed by atoms with E-state index in [0.717, 1.165) is 116 Å². The van der Waals surface area contributed by atoms with Gasteiger partial charge >= 0.3 is 17.9 Å². The van der Waals surface area contributed by atoms with Crippen molar-refractivity contribution in [3.63, 3.8) is 0 Å². The Balaban J connectivity index is 4.54. The van der Waals surface area contributed by atoms with E-state index in [2.05, 4.69) is 136 Å². The van der Waals surface area contributed by atoms with E-state index >= 15 is 0 Å². The maximum atomic E-state index is 12.8. The standard InChI is InChI=1S/C63H102O6/c1-4-7-10-13-16-19-22-25-28-30-31-33-35-38-41-44-47-50-53-56-62(65)68-59-60(58-67-61(64)55-52-49-46-43-40-37-34-27-24-21-18-15-12-9-6-3)69-63(66)57-54-51-48-45-42-39-36-32-29-26-23-20-17-14-11-8-5-2/h7,9-10,12,16,18-19,21,25-29,31,33-34,38,41,47,50,60H,4-6,8,11,13-15,17,20,22-24,30,32,35-37,39-40,42-46,48-49,51-59H2,1-3H3/b10-7+,12-9+,19-16+,21-18+,28-25+,29-26+,33-31+,34-27+,41-38+,50-47+/t60-/m1/s1. The van der Waals surface area contributed by atoms with Gasteiger partial charge in [0.2, 0.25) is 0 Å². The van der Waals surface area contributed by atoms with E-state index in [1.807, 2.05) is 6.08 Å². The highest BCUT2D eigenvalue weighted by Gasteiger charge is 2.19. The minimum absolute atomic E-state index is 0.115. The molecule has 0 aliphatic heterocycles. The van der Waals surface area contributed by atoms with Crippen molar-refractivity contribution in [2.24, 2.45) is 0 Å². The maximum Gasteiger partial charge on any atom is 0.306 e. The van der Waals surface area contributed by atoms with Crippen LogP contribution >= 0.6 is 0 Å². The Morgan fingerprint density at radius 3 is 0.986 bits per heavy atom. The van der Waals surface area contributed by atoms with Crippen LogP contribution in [0.3, 0.4) is 0 Å². The molecule has 0 amide bonds. The molecule has 0 aromatic heterocycles. The van der Waals surface area contributed by atoms with Crippen LogP contribution in [0.1, 0.15) is 239 Å². The van der Waals surface area contributed by atoms with E-state index in [-0.39, 0.29) is 37.5 Å². The van der Waals surface area contributed by atoms with Gasteiger partial charge in [-0.3, -0.25) is 14.4 Å². The summed E-state index contributed by atoms with van der Waals surface area (Å²) in [5.74, 6) is -1.02. The van der Waals surface area contributed by atoms with Crippen molar-refractivity contribution in [1.29, 1.82) is 0 Å². The van der Waals surface area contributed by atoms with Crippen molar-refractivity contribution in [2.45, 2.75) is 245 Å². The number of hydrogen-bond acceptors (Lipinski definition) is 6. The summed E-state index contributed by atoms with van der Waals surface area (Å²) in [7, 11) is 0. The first kappa shape index (κ1) is 64.8. The van der Waals surface area contributed by atoms with E-state index in [9.17, 15) is 14.4 Å². The second-order valence-electron chi connectivity index (χ2n) is 18.1. The third kappa shape index (κ3) is 54.6. The number of hydrogen-bond donors (Lipinski definition) is 0. The summed E-state index contributed by atoms with van der Waals surface area (Å²) in [6.07, 6.45) is 77.7. The molecule has 0 heterocycles. The van der Waals surface area contributed by atoms with Gasteiger partial charge < -0.3 is 14.2 Å². The lowest BCUT2D eigenvalue weighted by atomic mass is 10.1. The van der Waals surface area contributed by atoms with Crippen molar-refractivity contribution in [3.8, 4) is 0 Å². The van der Waals surface area contributed by atoms with E-state index in [4.69, 9.17) is 14.2 Å². The second kappa shape index (κ2) is 56.4. The first-order chi connectivity index (χ1) is 34.0. The topological polar surface area (TPSA) is 78.9 Å². The van der Waals surface area contributed by atoms with Gasteiger partial charge in [0.05, 0.1) is 0 Å². The normalized spacial score (nSPS) is 13.0. The number of esters is 3. The molecule has 0 aromatic rings. The van der Waals surface area contributed by atoms with Crippen molar-refractivity contribution in [3.05, 3.63) is 122 Å². The molecule has 0 bridgehead atoms. The fourth-order valence-electron chi connectivity index (χ4n) is 7.30. The molecule has 0 unspecified atom stereocenters. The Morgan fingerprint density at radius 1 is 0.304 bits per heavy atom. The van der Waals surface area contributed by atoms with Gasteiger partial charge in [0.1, 0.15) is 13.2 Å². The summed E-state index contributed by atoms with van der Waals surface area (Å²) in [6, 6.07) is 0. The molecule has 0 N–H and O–H groups in total. The SMILES string of the molecule is CC/C=C/C/C=C/C/C=C/C/C=C/C/C=C/C/C=C/CCC(=O)OC[C@@H](COC(=O)CCCCCCC/C=C/C/C=C/C/C=C/CC)OC(=O)CCCCCCCCC/C=C/CCCCCCCC. The van der Waals surface area contributed by atoms with Crippen molar-refractivity contribution in [2.75, 3.05) is 13.2 Å². The van der Waals surface area contributed by atoms with Crippen LogP contribution in [-0.4, -0.2) is 37.2 Å². The van der Waals surface area contributed by atoms with Crippen LogP contribution in [0.15, 0.2) is 122 Å². The molecule has 0 aliphatic rings. The first-order valence-electron chi connectivity index (χ1n) is 28.0. The van der Waals surface area contributed by atoms with E-state index in [0.29, 0.717) is 19.3 Å². The van der Waals surface area contributed by atoms with Crippen LogP contribution in [0, 0.1) is 0 Å². The van der Waals surface area contributed by atoms with Gasteiger partial charge in [-0.15, -0.1) is 0 Å². The van der Waals surface area contributed by atoms with Gasteiger partial charge in [-0.1, -0.05) is 226 Å². The third-order valence-corrected chi connectivity index (χ3v) is 11.4. The monoisotopic (exact) mass is 955 g/mol. The molecule has 0 rings (SSSR count). The summed E-state index contributed by atoms with van der Waals surface area (Å²) in [6.45, 7) is 6.32. The predicted molar refractivity (Wildman–Crippen MR) is 297 cm³/mol. The Hall–Kier alpha value is -4.19. The highest BCUT2D eigenvalue weighted by atomic mass is 16.6. The number of carbonyl (C=O) groups is 3. The number of ether oxygens (including phenoxy) is 3. The van der Waals surface area contributed by atoms with Gasteiger partial charge in [0.25, 0.3) is 0 Å². The van der Waals surface area contributed by atoms with E-state index in [1.54, 1.807) is 0 Å². The number of carbonyl (C=O) groups excluding carboxylic acids is 3. The van der Waals surface area contributed by atoms with Gasteiger partial charge in [-0.2, -0.15) is 0 Å². The highest BCUT2D eigenvalue weighted by molar-refractivity contribution is 5.71. The number of allylic oxidation sites excluding steroid dienone is 20. The molecule has 390 valence electrons. The lowest BCUT2D eigenvalue weighted by molar-refractivity contribution is -0.166. The van der Waals surface area contributed by atoms with Gasteiger partial charge in [0.15, 0.2) is 6.10 Å². The maximum absolute atomic E-state index is 12.8. The number of rotatable bonds is 49. The van der Waals surface area contributed by atoms with Gasteiger partial charge in [-0.05, 0) is 116 Å². The van der Waals surface area contributed by atoms with E-state index in [1.165, 1.54) is 77.0 Å². The fourth-order valence-corrected chi connectivity index (χ4v) is 7.30. The molecule has 0 saturated carbocycles. The largest absolute Gasteiger partial charge is 0.462 e. The summed E-state index contributed by atoms with van der Waals surface area (Å²) in [5, 5.41) is 0. The fraction of sp³-hybridized carbons (Fsp3) is 0.635. The third-order valence-electron chi connectivity index (χ3n) is 11.4. The molecule has 0 fully saturated rings. The molecule has 0 saturated heterocycles. The molecule has 0 aliphatic carbocycles. The summed E-state index contributed by atoms with van der Waals surface area (Å²) >= 11 is 0. The minimum Gasteiger partial charge on any atom is -0.462 e. The van der Waals surface area contributed by atoms with Crippen molar-refractivity contribution < 1.29 is 28.6 Å². The van der Waals surface area contributed by atoms with Gasteiger partial charge in [0, 0.05) is 19.3 Å². The van der Waals surface area contributed by atoms with Crippen molar-refractivity contribution >= 4 is 17.9 Å². The molecular formula is C63H102O6. The van der Waals surface area contributed by atoms with Crippen LogP contribution in [0.2, 0.25) is 0 Å². The Morgan fingerprint density at radius 2 is 0.594 bits per heavy atom. The molecule has 0 aromatic carbocycles. The zero-order valence-electron chi connectivity index (χ0n) is 44.5. The quantitative estimate of drug-likeness (QED) is 0.0262. The second-order valence-corrected chi connectivity index (χ2v) is 18.1. The summed E-state index contributed by atoms with van der Waals surface area (Å²) < 4.78 is 16.8. The number of unbranched alkanes of at least 4 members (excludes halogenated alkanes) is 18.